The molecule has 25 heavy (non-hydrogen) atoms. The van der Waals surface area contributed by atoms with Crippen LogP contribution in [-0.4, -0.2) is 12.6 Å². The third kappa shape index (κ3) is 4.50. The van der Waals surface area contributed by atoms with Gasteiger partial charge in [0.1, 0.15) is 12.4 Å². The van der Waals surface area contributed by atoms with Crippen molar-refractivity contribution in [1.82, 2.24) is 0 Å². The molecule has 0 N–H and O–H groups in total. The van der Waals surface area contributed by atoms with Crippen LogP contribution in [0.3, 0.4) is 0 Å². The maximum Gasteiger partial charge on any atom is 0.330 e. The van der Waals surface area contributed by atoms with Gasteiger partial charge in [-0.15, -0.1) is 0 Å². The van der Waals surface area contributed by atoms with Crippen LogP contribution in [0.4, 0.5) is 0 Å². The number of benzene rings is 2. The van der Waals surface area contributed by atoms with Gasteiger partial charge in [0.2, 0.25) is 0 Å². The molecule has 0 aromatic heterocycles. The van der Waals surface area contributed by atoms with Gasteiger partial charge in [-0.1, -0.05) is 36.4 Å². The Morgan fingerprint density at radius 2 is 1.80 bits per heavy atom. The van der Waals surface area contributed by atoms with E-state index in [9.17, 15) is 4.79 Å². The molecule has 2 aromatic rings. The minimum Gasteiger partial charge on any atom is -0.489 e. The Balaban J connectivity index is 1.80. The van der Waals surface area contributed by atoms with Crippen LogP contribution in [0.1, 0.15) is 42.0 Å². The van der Waals surface area contributed by atoms with Gasteiger partial charge in [-0.05, 0) is 67.0 Å². The molecule has 0 fully saturated rings. The van der Waals surface area contributed by atoms with Gasteiger partial charge in [0, 0.05) is 6.08 Å². The van der Waals surface area contributed by atoms with E-state index in [2.05, 4.69) is 12.1 Å². The fourth-order valence-corrected chi connectivity index (χ4v) is 3.24. The zero-order valence-electron chi connectivity index (χ0n) is 14.7. The van der Waals surface area contributed by atoms with Gasteiger partial charge >= 0.3 is 5.97 Å². The predicted octanol–water partition coefficient (Wildman–Crippen LogP) is 4.72. The molecule has 3 rings (SSSR count). The van der Waals surface area contributed by atoms with E-state index in [1.807, 2.05) is 43.3 Å². The number of carbonyl (C=O) groups excluding carboxylic acids is 1. The minimum absolute atomic E-state index is 0.295. The fraction of sp³-hybridized carbons (Fsp3) is 0.318. The Morgan fingerprint density at radius 1 is 1.04 bits per heavy atom. The summed E-state index contributed by atoms with van der Waals surface area (Å²) in [6.45, 7) is 2.78. The molecule has 2 aromatic carbocycles. The van der Waals surface area contributed by atoms with Crippen LogP contribution >= 0.6 is 0 Å². The molecule has 3 heteroatoms. The SMILES string of the molecule is CCOC(=O)C=Cc1ccc(OCc2ccccc2)c2c1CCCC2. The molecule has 0 heterocycles. The Kier molecular flexibility index (Phi) is 5.89. The highest BCUT2D eigenvalue weighted by Crippen LogP contribution is 2.33. The second kappa shape index (κ2) is 8.52. The Hall–Kier alpha value is -2.55. The van der Waals surface area contributed by atoms with E-state index in [0.717, 1.165) is 24.2 Å². The van der Waals surface area contributed by atoms with E-state index in [1.54, 1.807) is 0 Å². The minimum atomic E-state index is -0.295. The molecule has 0 unspecified atom stereocenters. The van der Waals surface area contributed by atoms with Crippen molar-refractivity contribution in [2.24, 2.45) is 0 Å². The number of ether oxygens (including phenoxy) is 2. The second-order valence-electron chi connectivity index (χ2n) is 6.18. The summed E-state index contributed by atoms with van der Waals surface area (Å²) in [5.41, 5.74) is 4.85. The number of hydrogen-bond donors (Lipinski definition) is 0. The van der Waals surface area contributed by atoms with Crippen LogP contribution in [0.25, 0.3) is 6.08 Å². The topological polar surface area (TPSA) is 35.5 Å². The van der Waals surface area contributed by atoms with Crippen molar-refractivity contribution in [2.75, 3.05) is 6.61 Å². The van der Waals surface area contributed by atoms with E-state index < -0.39 is 0 Å². The Morgan fingerprint density at radius 3 is 2.56 bits per heavy atom. The molecule has 0 radical (unpaired) electrons. The second-order valence-corrected chi connectivity index (χ2v) is 6.18. The third-order valence-corrected chi connectivity index (χ3v) is 4.45. The first kappa shape index (κ1) is 17.3. The van der Waals surface area contributed by atoms with Crippen molar-refractivity contribution < 1.29 is 14.3 Å². The standard InChI is InChI=1S/C22H24O3/c1-2-24-22(23)15-13-18-12-14-21(20-11-7-6-10-19(18)20)25-16-17-8-4-3-5-9-17/h3-5,8-9,12-15H,2,6-7,10-11,16H2,1H3. The summed E-state index contributed by atoms with van der Waals surface area (Å²) in [5.74, 6) is 0.670. The Bertz CT molecular complexity index is 747. The maximum absolute atomic E-state index is 11.6. The third-order valence-electron chi connectivity index (χ3n) is 4.45. The molecule has 0 saturated heterocycles. The van der Waals surface area contributed by atoms with E-state index in [0.29, 0.717) is 13.2 Å². The largest absolute Gasteiger partial charge is 0.489 e. The van der Waals surface area contributed by atoms with Gasteiger partial charge < -0.3 is 9.47 Å². The molecule has 1 aliphatic carbocycles. The highest BCUT2D eigenvalue weighted by molar-refractivity contribution is 5.87. The molecule has 0 aliphatic heterocycles. The summed E-state index contributed by atoms with van der Waals surface area (Å²) >= 11 is 0. The van der Waals surface area contributed by atoms with Crippen LogP contribution in [0.15, 0.2) is 48.5 Å². The van der Waals surface area contributed by atoms with Crippen LogP contribution < -0.4 is 4.74 Å². The summed E-state index contributed by atoms with van der Waals surface area (Å²) in [6, 6.07) is 14.3. The highest BCUT2D eigenvalue weighted by atomic mass is 16.5. The van der Waals surface area contributed by atoms with Gasteiger partial charge in [0.25, 0.3) is 0 Å². The van der Waals surface area contributed by atoms with Gasteiger partial charge in [-0.3, -0.25) is 0 Å². The maximum atomic E-state index is 11.6. The highest BCUT2D eigenvalue weighted by Gasteiger charge is 2.17. The normalized spacial score (nSPS) is 13.5. The van der Waals surface area contributed by atoms with E-state index in [-0.39, 0.29) is 5.97 Å². The van der Waals surface area contributed by atoms with Crippen molar-refractivity contribution in [1.29, 1.82) is 0 Å². The quantitative estimate of drug-likeness (QED) is 0.565. The lowest BCUT2D eigenvalue weighted by atomic mass is 9.87. The lowest BCUT2D eigenvalue weighted by Gasteiger charge is -2.22. The molecule has 0 saturated carbocycles. The molecule has 0 atom stereocenters. The number of hydrogen-bond acceptors (Lipinski definition) is 3. The summed E-state index contributed by atoms with van der Waals surface area (Å²) in [4.78, 5) is 11.6. The predicted molar refractivity (Wildman–Crippen MR) is 99.5 cm³/mol. The first-order chi connectivity index (χ1) is 12.3. The number of rotatable bonds is 6. The van der Waals surface area contributed by atoms with Crippen molar-refractivity contribution in [3.63, 3.8) is 0 Å². The van der Waals surface area contributed by atoms with Gasteiger partial charge in [0.15, 0.2) is 0 Å². The average Bonchev–Trinajstić information content (AvgIpc) is 2.66. The van der Waals surface area contributed by atoms with Gasteiger partial charge in [-0.2, -0.15) is 0 Å². The molecule has 0 bridgehead atoms. The molecular formula is C22H24O3. The molecule has 130 valence electrons. The summed E-state index contributed by atoms with van der Waals surface area (Å²) in [7, 11) is 0. The van der Waals surface area contributed by atoms with E-state index in [4.69, 9.17) is 9.47 Å². The van der Waals surface area contributed by atoms with E-state index in [1.165, 1.54) is 35.6 Å². The lowest BCUT2D eigenvalue weighted by molar-refractivity contribution is -0.137. The van der Waals surface area contributed by atoms with Crippen LogP contribution in [-0.2, 0) is 29.0 Å². The summed E-state index contributed by atoms with van der Waals surface area (Å²) < 4.78 is 11.1. The summed E-state index contributed by atoms with van der Waals surface area (Å²) in [5, 5.41) is 0. The fourth-order valence-electron chi connectivity index (χ4n) is 3.24. The van der Waals surface area contributed by atoms with Crippen molar-refractivity contribution in [3.05, 3.63) is 70.8 Å². The van der Waals surface area contributed by atoms with E-state index >= 15 is 0 Å². The lowest BCUT2D eigenvalue weighted by Crippen LogP contribution is -2.08. The van der Waals surface area contributed by atoms with Crippen LogP contribution in [0, 0.1) is 0 Å². The average molecular weight is 336 g/mol. The first-order valence-corrected chi connectivity index (χ1v) is 8.94. The van der Waals surface area contributed by atoms with Crippen molar-refractivity contribution >= 4 is 12.0 Å². The number of carbonyl (C=O) groups is 1. The zero-order valence-corrected chi connectivity index (χ0v) is 14.7. The van der Waals surface area contributed by atoms with Gasteiger partial charge in [0.05, 0.1) is 6.61 Å². The first-order valence-electron chi connectivity index (χ1n) is 8.94. The van der Waals surface area contributed by atoms with Crippen molar-refractivity contribution in [3.8, 4) is 5.75 Å². The van der Waals surface area contributed by atoms with Gasteiger partial charge in [-0.25, -0.2) is 4.79 Å². The Labute approximate surface area is 149 Å². The molecule has 3 nitrogen and oxygen atoms in total. The monoisotopic (exact) mass is 336 g/mol. The molecule has 1 aliphatic rings. The summed E-state index contributed by atoms with van der Waals surface area (Å²) in [6.07, 6.45) is 7.79. The number of fused-ring (bicyclic) bond motifs is 1. The smallest absolute Gasteiger partial charge is 0.330 e. The number of esters is 1. The van der Waals surface area contributed by atoms with Crippen LogP contribution in [0.5, 0.6) is 5.75 Å². The zero-order chi connectivity index (χ0) is 17.5. The molecular weight excluding hydrogens is 312 g/mol. The van der Waals surface area contributed by atoms with Crippen molar-refractivity contribution in [2.45, 2.75) is 39.2 Å². The molecule has 0 amide bonds. The van der Waals surface area contributed by atoms with Crippen LogP contribution in [0.2, 0.25) is 0 Å². The molecule has 0 spiro atoms.